The molecule has 180 valence electrons. The molecule has 0 aromatic heterocycles. The van der Waals surface area contributed by atoms with Crippen LogP contribution in [0.3, 0.4) is 0 Å². The van der Waals surface area contributed by atoms with E-state index in [1.54, 1.807) is 0 Å². The van der Waals surface area contributed by atoms with Crippen LogP contribution >= 0.6 is 11.6 Å². The van der Waals surface area contributed by atoms with E-state index in [4.69, 9.17) is 26.2 Å². The molecule has 0 saturated carbocycles. The average Bonchev–Trinajstić information content (AvgIpc) is 3.54. The van der Waals surface area contributed by atoms with Gasteiger partial charge in [0.05, 0.1) is 29.3 Å². The topological polar surface area (TPSA) is 74.5 Å². The first kappa shape index (κ1) is 23.6. The molecule has 2 aliphatic heterocycles. The lowest BCUT2D eigenvalue weighted by atomic mass is 9.80. The fourth-order valence-electron chi connectivity index (χ4n) is 5.18. The summed E-state index contributed by atoms with van der Waals surface area (Å²) in [6.07, 6.45) is 2.14. The molecule has 1 saturated heterocycles. The molecule has 0 bridgehead atoms. The van der Waals surface area contributed by atoms with Crippen LogP contribution in [0, 0.1) is 23.0 Å². The van der Waals surface area contributed by atoms with Crippen molar-refractivity contribution in [3.05, 3.63) is 81.9 Å². The monoisotopic (exact) mass is 496 g/mol. The molecule has 3 aromatic rings. The van der Waals surface area contributed by atoms with Gasteiger partial charge in [-0.2, -0.15) is 5.26 Å². The summed E-state index contributed by atoms with van der Waals surface area (Å²) < 4.78 is 42.7. The molecule has 3 aromatic carbocycles. The Morgan fingerprint density at radius 3 is 2.69 bits per heavy atom. The van der Waals surface area contributed by atoms with Crippen LogP contribution in [-0.4, -0.2) is 30.9 Å². The Kier molecular flexibility index (Phi) is 6.37. The quantitative estimate of drug-likeness (QED) is 0.496. The normalized spacial score (nSPS) is 20.8. The molecule has 8 heteroatoms. The largest absolute Gasteiger partial charge is 0.488 e. The number of nitrogens with zero attached hydrogens (tertiary/aromatic N) is 1. The van der Waals surface area contributed by atoms with Crippen molar-refractivity contribution in [2.75, 3.05) is 19.8 Å². The van der Waals surface area contributed by atoms with Crippen molar-refractivity contribution in [1.82, 2.24) is 5.32 Å². The maximum Gasteiger partial charge on any atom is 0.174 e. The van der Waals surface area contributed by atoms with Crippen molar-refractivity contribution in [1.29, 1.82) is 5.26 Å². The average molecular weight is 497 g/mol. The van der Waals surface area contributed by atoms with Crippen LogP contribution in [0.15, 0.2) is 48.5 Å². The zero-order valence-corrected chi connectivity index (χ0v) is 19.5. The van der Waals surface area contributed by atoms with Crippen LogP contribution in [0.1, 0.15) is 29.5 Å². The number of ether oxygens (including phenoxy) is 2. The van der Waals surface area contributed by atoms with E-state index in [0.29, 0.717) is 12.0 Å². The molecule has 0 spiro atoms. The number of benzene rings is 3. The van der Waals surface area contributed by atoms with E-state index in [1.165, 1.54) is 18.2 Å². The van der Waals surface area contributed by atoms with E-state index >= 15 is 8.78 Å². The van der Waals surface area contributed by atoms with Gasteiger partial charge in [0, 0.05) is 29.2 Å². The van der Waals surface area contributed by atoms with E-state index in [0.717, 1.165) is 24.9 Å². The lowest BCUT2D eigenvalue weighted by molar-refractivity contribution is 0.0539. The number of hydrogen-bond acceptors (Lipinski definition) is 5. The van der Waals surface area contributed by atoms with Crippen LogP contribution < -0.4 is 14.8 Å². The van der Waals surface area contributed by atoms with Crippen molar-refractivity contribution >= 4 is 11.6 Å². The molecule has 1 unspecified atom stereocenters. The van der Waals surface area contributed by atoms with Gasteiger partial charge in [-0.05, 0) is 37.1 Å². The number of rotatable bonds is 6. The second kappa shape index (κ2) is 9.46. The number of fused-ring (bicyclic) bond motifs is 1. The third kappa shape index (κ3) is 3.92. The zero-order chi connectivity index (χ0) is 24.6. The van der Waals surface area contributed by atoms with Crippen molar-refractivity contribution in [3.63, 3.8) is 0 Å². The summed E-state index contributed by atoms with van der Waals surface area (Å²) in [5.41, 5.74) is 0.532. The Hall–Kier alpha value is -3.18. The Morgan fingerprint density at radius 1 is 1.20 bits per heavy atom. The number of nitrogens with one attached hydrogen (secondary N) is 1. The number of halogens is 3. The molecular weight excluding hydrogens is 474 g/mol. The molecule has 0 amide bonds. The first-order valence-electron chi connectivity index (χ1n) is 11.5. The lowest BCUT2D eigenvalue weighted by Crippen LogP contribution is -2.48. The van der Waals surface area contributed by atoms with Gasteiger partial charge < -0.3 is 19.9 Å². The molecule has 2 aliphatic rings. The minimum absolute atomic E-state index is 0.00949. The summed E-state index contributed by atoms with van der Waals surface area (Å²) in [6, 6.07) is 15.6. The lowest BCUT2D eigenvalue weighted by Gasteiger charge is -2.35. The van der Waals surface area contributed by atoms with Crippen LogP contribution in [-0.2, 0) is 12.0 Å². The van der Waals surface area contributed by atoms with Gasteiger partial charge >= 0.3 is 0 Å². The van der Waals surface area contributed by atoms with E-state index in [9.17, 15) is 5.26 Å². The molecule has 5 rings (SSSR count). The second-order valence-corrected chi connectivity index (χ2v) is 9.07. The molecule has 35 heavy (non-hydrogen) atoms. The minimum atomic E-state index is -0.847. The van der Waals surface area contributed by atoms with Crippen LogP contribution in [0.5, 0.6) is 11.5 Å². The first-order valence-corrected chi connectivity index (χ1v) is 11.8. The van der Waals surface area contributed by atoms with Crippen LogP contribution in [0.2, 0.25) is 5.02 Å². The highest BCUT2D eigenvalue weighted by Gasteiger charge is 2.50. The van der Waals surface area contributed by atoms with Crippen molar-refractivity contribution in [2.24, 2.45) is 0 Å². The van der Waals surface area contributed by atoms with Gasteiger partial charge in [-0.3, -0.25) is 0 Å². The summed E-state index contributed by atoms with van der Waals surface area (Å²) in [5, 5.41) is 22.1. The van der Waals surface area contributed by atoms with Crippen molar-refractivity contribution < 1.29 is 23.4 Å². The predicted octanol–water partition coefficient (Wildman–Crippen LogP) is 5.11. The maximum atomic E-state index is 15.7. The van der Waals surface area contributed by atoms with Gasteiger partial charge in [-0.15, -0.1) is 0 Å². The molecule has 0 radical (unpaired) electrons. The van der Waals surface area contributed by atoms with E-state index in [-0.39, 0.29) is 52.5 Å². The van der Waals surface area contributed by atoms with E-state index in [2.05, 4.69) is 5.32 Å². The van der Waals surface area contributed by atoms with E-state index in [1.807, 2.05) is 36.4 Å². The SMILES string of the molecule is N#Cc1ccc(OCCO)c(F)c1-c1c(Cl)c(F)cc2c1C[C@](c1ccccc1)(C1CCCN1)O2. The van der Waals surface area contributed by atoms with Crippen molar-refractivity contribution in [3.8, 4) is 28.7 Å². The number of aliphatic hydroxyl groups excluding tert-OH is 1. The van der Waals surface area contributed by atoms with Gasteiger partial charge in [-0.25, -0.2) is 8.78 Å². The smallest absolute Gasteiger partial charge is 0.174 e. The summed E-state index contributed by atoms with van der Waals surface area (Å²) in [5.74, 6) is -1.51. The standard InChI is InChI=1S/C27H23ClF2N2O3/c28-25-19(29)13-21-18(24(25)23-16(15-31)8-9-20(26(23)30)34-12-11-33)14-27(35-21,22-7-4-10-32-22)17-5-2-1-3-6-17/h1-3,5-6,8-9,13,22,32-33H,4,7,10-12,14H2/t22?,27-/m0/s1. The van der Waals surface area contributed by atoms with Gasteiger partial charge in [0.1, 0.15) is 18.2 Å². The number of nitriles is 1. The fourth-order valence-corrected chi connectivity index (χ4v) is 5.45. The molecule has 2 atom stereocenters. The van der Waals surface area contributed by atoms with Gasteiger partial charge in [-0.1, -0.05) is 41.9 Å². The second-order valence-electron chi connectivity index (χ2n) is 8.69. The highest BCUT2D eigenvalue weighted by atomic mass is 35.5. The third-order valence-corrected chi connectivity index (χ3v) is 7.10. The Morgan fingerprint density at radius 2 is 2.00 bits per heavy atom. The summed E-state index contributed by atoms with van der Waals surface area (Å²) >= 11 is 6.46. The predicted molar refractivity (Wildman–Crippen MR) is 128 cm³/mol. The molecular formula is C27H23ClF2N2O3. The number of aliphatic hydroxyl groups is 1. The highest BCUT2D eigenvalue weighted by Crippen LogP contribution is 2.52. The Balaban J connectivity index is 1.73. The molecule has 0 aliphatic carbocycles. The van der Waals surface area contributed by atoms with Crippen molar-refractivity contribution in [2.45, 2.75) is 30.9 Å². The first-order chi connectivity index (χ1) is 17.0. The summed E-state index contributed by atoms with van der Waals surface area (Å²) in [4.78, 5) is 0. The number of hydrogen-bond donors (Lipinski definition) is 2. The Labute approximate surface area is 206 Å². The molecule has 1 fully saturated rings. The third-order valence-electron chi connectivity index (χ3n) is 6.73. The fraction of sp³-hybridized carbons (Fsp3) is 0.296. The minimum Gasteiger partial charge on any atom is -0.488 e. The van der Waals surface area contributed by atoms with Gasteiger partial charge in [0.15, 0.2) is 17.2 Å². The Bertz CT molecular complexity index is 1310. The molecule has 2 heterocycles. The highest BCUT2D eigenvalue weighted by molar-refractivity contribution is 6.34. The molecule has 5 nitrogen and oxygen atoms in total. The van der Waals surface area contributed by atoms with Gasteiger partial charge in [0.2, 0.25) is 0 Å². The summed E-state index contributed by atoms with van der Waals surface area (Å²) in [7, 11) is 0. The zero-order valence-electron chi connectivity index (χ0n) is 18.8. The van der Waals surface area contributed by atoms with Gasteiger partial charge in [0.25, 0.3) is 0 Å². The van der Waals surface area contributed by atoms with Crippen LogP contribution in [0.25, 0.3) is 11.1 Å². The maximum absolute atomic E-state index is 15.7. The van der Waals surface area contributed by atoms with E-state index < -0.39 is 17.2 Å². The summed E-state index contributed by atoms with van der Waals surface area (Å²) in [6.45, 7) is 0.385. The molecule has 2 N–H and O–H groups in total. The van der Waals surface area contributed by atoms with Crippen LogP contribution in [0.4, 0.5) is 8.78 Å².